The Morgan fingerprint density at radius 1 is 1.38 bits per heavy atom. The van der Waals surface area contributed by atoms with Gasteiger partial charge in [0.1, 0.15) is 11.6 Å². The van der Waals surface area contributed by atoms with Gasteiger partial charge in [-0.2, -0.15) is 0 Å². The van der Waals surface area contributed by atoms with Crippen molar-refractivity contribution in [2.45, 2.75) is 44.3 Å². The van der Waals surface area contributed by atoms with Crippen LogP contribution in [0.4, 0.5) is 0 Å². The number of nitrogens with zero attached hydrogens (tertiary/aromatic N) is 3. The Labute approximate surface area is 141 Å². The topological polar surface area (TPSA) is 63.3 Å². The molecule has 0 aromatic carbocycles. The number of piperidine rings is 1. The SMILES string of the molecule is Cn1ccnc1[C@@H]1[C@@H](CNCc2ccco2)CCC(=O)N1C1CC1. The van der Waals surface area contributed by atoms with E-state index >= 15 is 0 Å². The van der Waals surface area contributed by atoms with Crippen LogP contribution >= 0.6 is 0 Å². The molecule has 1 N–H and O–H groups in total. The fourth-order valence-electron chi connectivity index (χ4n) is 3.77. The van der Waals surface area contributed by atoms with Gasteiger partial charge in [0, 0.05) is 38.4 Å². The number of furan rings is 1. The molecule has 1 amide bonds. The Kier molecular flexibility index (Phi) is 4.14. The van der Waals surface area contributed by atoms with E-state index in [1.54, 1.807) is 6.26 Å². The highest BCUT2D eigenvalue weighted by Crippen LogP contribution is 2.42. The standard InChI is InChI=1S/C18H24N4O2/c1-21-9-8-20-18(21)17-13(11-19-12-15-3-2-10-24-15)4-7-16(23)22(17)14-5-6-14/h2-3,8-10,13-14,17,19H,4-7,11-12H2,1H3/t13-,17+/m1/s1. The monoisotopic (exact) mass is 328 g/mol. The fraction of sp³-hybridized carbons (Fsp3) is 0.556. The van der Waals surface area contributed by atoms with Crippen LogP contribution in [-0.4, -0.2) is 32.9 Å². The summed E-state index contributed by atoms with van der Waals surface area (Å²) >= 11 is 0. The maximum Gasteiger partial charge on any atom is 0.223 e. The van der Waals surface area contributed by atoms with Crippen LogP contribution < -0.4 is 5.32 Å². The van der Waals surface area contributed by atoms with Crippen LogP contribution in [0, 0.1) is 5.92 Å². The molecule has 1 aliphatic carbocycles. The van der Waals surface area contributed by atoms with Crippen LogP contribution in [0.25, 0.3) is 0 Å². The molecular weight excluding hydrogens is 304 g/mol. The first kappa shape index (κ1) is 15.4. The van der Waals surface area contributed by atoms with Crippen molar-refractivity contribution in [1.82, 2.24) is 19.8 Å². The molecule has 2 aromatic rings. The van der Waals surface area contributed by atoms with Crippen molar-refractivity contribution in [3.05, 3.63) is 42.4 Å². The number of carbonyl (C=O) groups is 1. The van der Waals surface area contributed by atoms with E-state index in [1.165, 1.54) is 0 Å². The first-order valence-electron chi connectivity index (χ1n) is 8.75. The lowest BCUT2D eigenvalue weighted by molar-refractivity contribution is -0.140. The number of carbonyl (C=O) groups excluding carboxylic acids is 1. The molecule has 1 saturated carbocycles. The van der Waals surface area contributed by atoms with Crippen LogP contribution in [0.15, 0.2) is 35.2 Å². The van der Waals surface area contributed by atoms with Gasteiger partial charge >= 0.3 is 0 Å². The minimum absolute atomic E-state index is 0.0721. The van der Waals surface area contributed by atoms with Crippen LogP contribution in [0.3, 0.4) is 0 Å². The number of nitrogens with one attached hydrogen (secondary N) is 1. The van der Waals surface area contributed by atoms with Gasteiger partial charge in [-0.05, 0) is 37.3 Å². The van der Waals surface area contributed by atoms with E-state index < -0.39 is 0 Å². The summed E-state index contributed by atoms with van der Waals surface area (Å²) in [4.78, 5) is 19.2. The summed E-state index contributed by atoms with van der Waals surface area (Å²) in [5.41, 5.74) is 0. The Bertz CT molecular complexity index is 690. The molecule has 6 heteroatoms. The smallest absolute Gasteiger partial charge is 0.223 e. The molecule has 0 spiro atoms. The number of hydrogen-bond acceptors (Lipinski definition) is 4. The second kappa shape index (κ2) is 6.43. The third-order valence-electron chi connectivity index (χ3n) is 5.11. The normalized spacial score (nSPS) is 24.5. The second-order valence-corrected chi connectivity index (χ2v) is 6.88. The minimum Gasteiger partial charge on any atom is -0.468 e. The number of likely N-dealkylation sites (tertiary alicyclic amines) is 1. The predicted molar refractivity (Wildman–Crippen MR) is 89.0 cm³/mol. The molecule has 2 fully saturated rings. The van der Waals surface area contributed by atoms with Crippen molar-refractivity contribution in [2.24, 2.45) is 13.0 Å². The van der Waals surface area contributed by atoms with Crippen LogP contribution in [-0.2, 0) is 18.4 Å². The Morgan fingerprint density at radius 2 is 2.25 bits per heavy atom. The van der Waals surface area contributed by atoms with E-state index in [-0.39, 0.29) is 11.9 Å². The van der Waals surface area contributed by atoms with Crippen molar-refractivity contribution in [3.8, 4) is 0 Å². The van der Waals surface area contributed by atoms with Crippen molar-refractivity contribution in [2.75, 3.05) is 6.54 Å². The van der Waals surface area contributed by atoms with E-state index in [0.29, 0.717) is 24.9 Å². The molecule has 0 unspecified atom stereocenters. The van der Waals surface area contributed by atoms with Gasteiger partial charge in [-0.15, -0.1) is 0 Å². The minimum atomic E-state index is 0.0721. The van der Waals surface area contributed by atoms with Gasteiger partial charge in [-0.1, -0.05) is 0 Å². The lowest BCUT2D eigenvalue weighted by atomic mass is 9.87. The Balaban J connectivity index is 1.52. The van der Waals surface area contributed by atoms with Crippen molar-refractivity contribution >= 4 is 5.91 Å². The molecule has 24 heavy (non-hydrogen) atoms. The molecule has 1 saturated heterocycles. The molecule has 4 rings (SSSR count). The summed E-state index contributed by atoms with van der Waals surface area (Å²) < 4.78 is 7.44. The van der Waals surface area contributed by atoms with Crippen LogP contribution in [0.2, 0.25) is 0 Å². The summed E-state index contributed by atoms with van der Waals surface area (Å²) in [6.07, 6.45) is 9.29. The third-order valence-corrected chi connectivity index (χ3v) is 5.11. The van der Waals surface area contributed by atoms with E-state index in [9.17, 15) is 4.79 Å². The third kappa shape index (κ3) is 2.98. The molecule has 128 valence electrons. The first-order valence-corrected chi connectivity index (χ1v) is 8.75. The van der Waals surface area contributed by atoms with Gasteiger partial charge in [-0.3, -0.25) is 4.79 Å². The zero-order chi connectivity index (χ0) is 16.5. The predicted octanol–water partition coefficient (Wildman–Crippen LogP) is 2.25. The summed E-state index contributed by atoms with van der Waals surface area (Å²) in [5.74, 6) is 2.60. The summed E-state index contributed by atoms with van der Waals surface area (Å²) in [6.45, 7) is 1.57. The summed E-state index contributed by atoms with van der Waals surface area (Å²) in [6, 6.07) is 4.36. The molecule has 6 nitrogen and oxygen atoms in total. The highest BCUT2D eigenvalue weighted by Gasteiger charge is 2.45. The van der Waals surface area contributed by atoms with E-state index in [0.717, 1.165) is 37.4 Å². The lowest BCUT2D eigenvalue weighted by Gasteiger charge is -2.41. The number of rotatable bonds is 6. The van der Waals surface area contributed by atoms with E-state index in [1.807, 2.05) is 31.6 Å². The lowest BCUT2D eigenvalue weighted by Crippen LogP contribution is -2.47. The average Bonchev–Trinajstić information content (AvgIpc) is 3.10. The molecule has 0 radical (unpaired) electrons. The Hall–Kier alpha value is -2.08. The van der Waals surface area contributed by atoms with E-state index in [2.05, 4.69) is 19.8 Å². The van der Waals surface area contributed by atoms with Crippen LogP contribution in [0.1, 0.15) is 43.3 Å². The van der Waals surface area contributed by atoms with Crippen molar-refractivity contribution < 1.29 is 9.21 Å². The number of aryl methyl sites for hydroxylation is 1. The summed E-state index contributed by atoms with van der Waals surface area (Å²) in [7, 11) is 2.01. The molecule has 2 aromatic heterocycles. The largest absolute Gasteiger partial charge is 0.468 e. The van der Waals surface area contributed by atoms with Gasteiger partial charge in [0.15, 0.2) is 0 Å². The quantitative estimate of drug-likeness (QED) is 0.883. The fourth-order valence-corrected chi connectivity index (χ4v) is 3.77. The van der Waals surface area contributed by atoms with E-state index in [4.69, 9.17) is 4.42 Å². The summed E-state index contributed by atoms with van der Waals surface area (Å²) in [5, 5.41) is 3.49. The molecule has 2 aliphatic rings. The number of hydrogen-bond donors (Lipinski definition) is 1. The van der Waals surface area contributed by atoms with Gasteiger partial charge in [0.25, 0.3) is 0 Å². The number of aromatic nitrogens is 2. The number of amides is 1. The van der Waals surface area contributed by atoms with Crippen LogP contribution in [0.5, 0.6) is 0 Å². The molecule has 2 atom stereocenters. The number of imidazole rings is 1. The van der Waals surface area contributed by atoms with Gasteiger partial charge in [0.05, 0.1) is 18.8 Å². The first-order chi connectivity index (χ1) is 11.7. The van der Waals surface area contributed by atoms with Crippen molar-refractivity contribution in [1.29, 1.82) is 0 Å². The molecule has 3 heterocycles. The maximum atomic E-state index is 12.6. The highest BCUT2D eigenvalue weighted by atomic mass is 16.3. The maximum absolute atomic E-state index is 12.6. The zero-order valence-electron chi connectivity index (χ0n) is 14.0. The zero-order valence-corrected chi connectivity index (χ0v) is 14.0. The molecule has 0 bridgehead atoms. The van der Waals surface area contributed by atoms with Gasteiger partial charge in [-0.25, -0.2) is 4.98 Å². The molecule has 1 aliphatic heterocycles. The second-order valence-electron chi connectivity index (χ2n) is 6.88. The van der Waals surface area contributed by atoms with Crippen molar-refractivity contribution in [3.63, 3.8) is 0 Å². The molecular formula is C18H24N4O2. The Morgan fingerprint density at radius 3 is 2.92 bits per heavy atom. The average molecular weight is 328 g/mol. The highest BCUT2D eigenvalue weighted by molar-refractivity contribution is 5.78. The van der Waals surface area contributed by atoms with Gasteiger partial charge < -0.3 is 19.2 Å². The van der Waals surface area contributed by atoms with Gasteiger partial charge in [0.2, 0.25) is 5.91 Å².